The summed E-state index contributed by atoms with van der Waals surface area (Å²) in [5, 5.41) is 70.4. The van der Waals surface area contributed by atoms with Crippen LogP contribution in [0.3, 0.4) is 0 Å². The highest BCUT2D eigenvalue weighted by Crippen LogP contribution is 2.34. The molecule has 740 valence electrons. The van der Waals surface area contributed by atoms with Crippen molar-refractivity contribution in [3.63, 3.8) is 0 Å². The molecule has 25 N–H and O–H groups in total. The first-order valence-corrected chi connectivity index (χ1v) is 46.5. The van der Waals surface area contributed by atoms with Crippen molar-refractivity contribution in [2.45, 2.75) is 209 Å². The number of benzene rings is 4. The molecule has 6 aromatic rings. The van der Waals surface area contributed by atoms with E-state index in [9.17, 15) is 72.4 Å². The summed E-state index contributed by atoms with van der Waals surface area (Å²) in [6.45, 7) is 6.11. The molecule has 136 heavy (non-hydrogen) atoms. The maximum absolute atomic E-state index is 15.6. The molecule has 2 aliphatic heterocycles. The van der Waals surface area contributed by atoms with Gasteiger partial charge in [0.2, 0.25) is 94.5 Å². The number of H-pyrrole nitrogens is 2. The third-order valence-corrected chi connectivity index (χ3v) is 25.0. The van der Waals surface area contributed by atoms with Crippen molar-refractivity contribution in [3.8, 4) is 17.0 Å². The number of β-amino-alcohol motifs (C(OH)–C–C–N with tert-alkyl or cyclic N) is 1. The number of nitrogens with zero attached hydrogens (tertiary/aromatic N) is 5. The van der Waals surface area contributed by atoms with Crippen molar-refractivity contribution in [1.29, 1.82) is 5.41 Å². The fourth-order valence-electron chi connectivity index (χ4n) is 16.5. The zero-order chi connectivity index (χ0) is 99.9. The molecule has 0 bridgehead atoms. The Morgan fingerprint density at radius 2 is 1.18 bits per heavy atom. The number of carbonyl (C=O) groups excluding carboxylic acids is 16. The quantitative estimate of drug-likeness (QED) is 0.0110. The number of phenols is 1. The molecule has 2 fully saturated rings. The first-order chi connectivity index (χ1) is 64.7. The second-order valence-corrected chi connectivity index (χ2v) is 35.5. The molecule has 2 aliphatic rings. The molecule has 0 saturated carbocycles. The number of phenolic OH excluding ortho intramolecular Hbond substituents is 1. The highest BCUT2D eigenvalue weighted by atomic mass is 32.2. The summed E-state index contributed by atoms with van der Waals surface area (Å²) in [4.78, 5) is 240. The molecule has 44 heteroatoms. The highest BCUT2D eigenvalue weighted by molar-refractivity contribution is 8.00. The minimum atomic E-state index is -1.88. The number of aromatic amines is 2. The van der Waals surface area contributed by atoms with Crippen molar-refractivity contribution in [3.05, 3.63) is 126 Å². The number of aliphatic hydroxyl groups is 2. The average molecular weight is 1910 g/mol. The van der Waals surface area contributed by atoms with Gasteiger partial charge in [0.05, 0.1) is 37.5 Å². The normalized spacial score (nSPS) is 16.5. The Balaban J connectivity index is 0.978. The van der Waals surface area contributed by atoms with Crippen molar-refractivity contribution in [1.82, 2.24) is 93.0 Å². The van der Waals surface area contributed by atoms with Crippen LogP contribution in [0.5, 0.6) is 5.75 Å². The topological polar surface area (TPSA) is 642 Å². The number of fused-ring (bicyclic) bond motifs is 2. The number of hydrogen-bond donors (Lipinski definition) is 21. The molecule has 16 amide bonds. The van der Waals surface area contributed by atoms with Crippen molar-refractivity contribution < 1.29 is 96.4 Å². The van der Waals surface area contributed by atoms with Gasteiger partial charge in [-0.1, -0.05) is 102 Å². The van der Waals surface area contributed by atoms with Crippen LogP contribution in [-0.2, 0) is 96.0 Å². The lowest BCUT2D eigenvalue weighted by Gasteiger charge is -2.36. The first kappa shape index (κ1) is 108. The number of hydrogen-bond acceptors (Lipinski definition) is 23. The number of likely N-dealkylation sites (tertiary alicyclic amines) is 2. The van der Waals surface area contributed by atoms with Crippen LogP contribution in [-0.4, -0.2) is 320 Å². The maximum atomic E-state index is 15.6. The third kappa shape index (κ3) is 30.1. The molecule has 0 radical (unpaired) electrons. The summed E-state index contributed by atoms with van der Waals surface area (Å²) in [5.74, 6) is -15.3. The van der Waals surface area contributed by atoms with Gasteiger partial charge in [-0.05, 0) is 116 Å². The Hall–Kier alpha value is -13.3. The number of guanidine groups is 1. The van der Waals surface area contributed by atoms with Crippen LogP contribution >= 0.6 is 11.8 Å². The van der Waals surface area contributed by atoms with Gasteiger partial charge in [0, 0.05) is 126 Å². The van der Waals surface area contributed by atoms with Gasteiger partial charge in [-0.3, -0.25) is 82.1 Å². The van der Waals surface area contributed by atoms with E-state index >= 15 is 24.0 Å². The van der Waals surface area contributed by atoms with E-state index in [1.807, 2.05) is 13.8 Å². The lowest BCUT2D eigenvalue weighted by atomic mass is 9.96. The van der Waals surface area contributed by atoms with Crippen LogP contribution in [0.2, 0.25) is 0 Å². The van der Waals surface area contributed by atoms with Gasteiger partial charge in [-0.2, -0.15) is 0 Å². The van der Waals surface area contributed by atoms with E-state index in [0.717, 1.165) is 26.5 Å². The number of likely N-dealkylation sites (N-methyl/N-ethyl adjacent to an activating group) is 4. The molecule has 8 rings (SSSR count). The number of amides is 16. The predicted octanol–water partition coefficient (Wildman–Crippen LogP) is -2.19. The number of thioether (sulfide) groups is 1. The number of nitrogens with one attached hydrogen (secondary N) is 14. The molecular formula is C92H130FN23O19S. The fourth-order valence-corrected chi connectivity index (χ4v) is 17.4. The summed E-state index contributed by atoms with van der Waals surface area (Å²) in [5.41, 5.74) is 26.1. The fraction of sp³-hybridized carbons (Fsp3) is 0.511. The highest BCUT2D eigenvalue weighted by Gasteiger charge is 2.46. The van der Waals surface area contributed by atoms with Gasteiger partial charge < -0.3 is 131 Å². The van der Waals surface area contributed by atoms with E-state index in [4.69, 9.17) is 28.3 Å². The standard InChI is InChI=1S/C92H130FN23O19S/c1-10-12-23-71(84(128)99-6)113(8)91(135)73(24-13-11-2)114(9)88(132)66(41-60-59-20-15-17-22-62(59)105-78(60)53-28-30-55(93)31-29-53)109-83(127)69(47-117)111-81(125)63(39-54-44-102-61-21-16-14-19-58(54)61)106-86(130)74-40-57(119)46-116(74)90(134)64(37-50(3)4)108-82(126)68(43-94)110-85(129)72-25-18-36-115(72)89(133)67(42-75(95)120)107-79(123)51(5)112(7)87(131)65(38-52-26-32-56(118)33-27-52)104-77(122)49-136-48-70(80(124)103-45-76(96)121)100-34-35-101-92(97)98/h14-17,19-22,26-33,44,50-51,57,63-74,100,102,105,117-119H,10-13,18,23-25,34-43,45-49,94H2,1-9H3,(H2,95,120)(H2,96,121)(H,99,128)(H,103,124)(H,104,122)(H,106,130)(H,107,123)(H,108,126)(H,109,127)(H,110,129)(H,111,125)(H4,97,98,101)/t51?,57-,63?,64?,65?,66?,67?,68?,69?,70?,71?,72?,73?,74?/m1/s1. The number of unbranched alkanes of at least 4 members (excludes halogenated alkanes) is 2. The van der Waals surface area contributed by atoms with E-state index in [1.54, 1.807) is 68.6 Å². The lowest BCUT2D eigenvalue weighted by molar-refractivity contribution is -0.149. The number of primary amides is 2. The molecule has 14 atom stereocenters. The van der Waals surface area contributed by atoms with Crippen LogP contribution < -0.4 is 81.4 Å². The van der Waals surface area contributed by atoms with Crippen molar-refractivity contribution in [2.75, 3.05) is 85.6 Å². The number of carbonyl (C=O) groups is 16. The lowest BCUT2D eigenvalue weighted by Crippen LogP contribution is -2.62. The van der Waals surface area contributed by atoms with Crippen LogP contribution in [0.4, 0.5) is 4.39 Å². The largest absolute Gasteiger partial charge is 0.508 e. The van der Waals surface area contributed by atoms with Gasteiger partial charge in [-0.25, -0.2) is 4.39 Å². The maximum Gasteiger partial charge on any atom is 0.246 e. The van der Waals surface area contributed by atoms with Gasteiger partial charge in [-0.15, -0.1) is 11.8 Å². The molecule has 42 nitrogen and oxygen atoms in total. The van der Waals surface area contributed by atoms with Crippen LogP contribution in [0, 0.1) is 17.1 Å². The molecule has 2 aromatic heterocycles. The number of aliphatic hydroxyl groups excluding tert-OH is 2. The number of para-hydroxylation sites is 2. The number of rotatable bonds is 52. The first-order valence-electron chi connectivity index (χ1n) is 45.4. The smallest absolute Gasteiger partial charge is 0.246 e. The Kier molecular flexibility index (Phi) is 41.3. The Morgan fingerprint density at radius 1 is 0.596 bits per heavy atom. The predicted molar refractivity (Wildman–Crippen MR) is 505 cm³/mol. The van der Waals surface area contributed by atoms with Crippen LogP contribution in [0.25, 0.3) is 33.1 Å². The van der Waals surface area contributed by atoms with Gasteiger partial charge in [0.15, 0.2) is 5.96 Å². The molecular weight excluding hydrogens is 1780 g/mol. The molecule has 4 heterocycles. The van der Waals surface area contributed by atoms with Crippen molar-refractivity contribution in [2.24, 2.45) is 28.9 Å². The Morgan fingerprint density at radius 3 is 1.81 bits per heavy atom. The van der Waals surface area contributed by atoms with Gasteiger partial charge in [0.25, 0.3) is 0 Å². The van der Waals surface area contributed by atoms with Crippen LogP contribution in [0.1, 0.15) is 122 Å². The summed E-state index contributed by atoms with van der Waals surface area (Å²) in [7, 11) is 5.60. The number of aromatic hydroxyl groups is 1. The van der Waals surface area contributed by atoms with E-state index in [1.165, 1.54) is 93.4 Å². The minimum absolute atomic E-state index is 0.0156. The second-order valence-electron chi connectivity index (χ2n) is 34.5. The molecule has 2 saturated heterocycles. The molecule has 0 spiro atoms. The van der Waals surface area contributed by atoms with Crippen LogP contribution in [0.15, 0.2) is 103 Å². The zero-order valence-electron chi connectivity index (χ0n) is 77.9. The van der Waals surface area contributed by atoms with Gasteiger partial charge >= 0.3 is 0 Å². The minimum Gasteiger partial charge on any atom is -0.508 e. The number of aromatic nitrogens is 2. The van der Waals surface area contributed by atoms with Gasteiger partial charge in [0.1, 0.15) is 84.1 Å². The Bertz CT molecular complexity index is 5220. The SMILES string of the molecule is CCCCC(C(=O)N(C)C(CCCC)C(=O)NC)N(C)C(=O)C(Cc1c(-c2ccc(F)cc2)[nH]c2ccccc12)NC(=O)C(CO)NC(=O)C(Cc1c[nH]c2ccccc12)NC(=O)C1C[C@@H](O)CN1C(=O)C(CC(C)C)NC(=O)C(CN)NC(=O)C1CCCN1C(=O)C(CC(N)=O)NC(=O)C(C)N(C)C(=O)C(Cc1ccc(O)cc1)NC(=O)CSCC(NCCNC(=N)N)C(=O)NCC(N)=O. The average Bonchev–Trinajstić information content (AvgIpc) is 1.60. The van der Waals surface area contributed by atoms with E-state index in [-0.39, 0.29) is 93.7 Å². The summed E-state index contributed by atoms with van der Waals surface area (Å²) in [6, 6.07) is 6.56. The second kappa shape index (κ2) is 52.0. The summed E-state index contributed by atoms with van der Waals surface area (Å²) < 4.78 is 14.6. The van der Waals surface area contributed by atoms with E-state index in [2.05, 4.69) is 68.5 Å². The molecule has 13 unspecified atom stereocenters. The number of nitrogens with two attached hydrogens (primary N) is 4. The molecule has 4 aromatic carbocycles. The zero-order valence-corrected chi connectivity index (χ0v) is 78.8. The van der Waals surface area contributed by atoms with Crippen molar-refractivity contribution >= 4 is 134 Å². The molecule has 0 aliphatic carbocycles. The van der Waals surface area contributed by atoms with E-state index in [0.29, 0.717) is 81.9 Å². The summed E-state index contributed by atoms with van der Waals surface area (Å²) in [6.07, 6.45) is 1.14. The monoisotopic (exact) mass is 1910 g/mol. The van der Waals surface area contributed by atoms with E-state index < -0.39 is 224 Å². The summed E-state index contributed by atoms with van der Waals surface area (Å²) >= 11 is 0.977. The number of halogens is 1. The third-order valence-electron chi connectivity index (χ3n) is 24.0. The Labute approximate surface area is 791 Å².